The van der Waals surface area contributed by atoms with E-state index >= 15 is 0 Å². The molecule has 2 aliphatic rings. The summed E-state index contributed by atoms with van der Waals surface area (Å²) in [4.78, 5) is 31.6. The van der Waals surface area contributed by atoms with Gasteiger partial charge in [-0.3, -0.25) is 9.59 Å². The number of nitrogens with one attached hydrogen (secondary N) is 2. The van der Waals surface area contributed by atoms with Crippen molar-refractivity contribution in [2.45, 2.75) is 38.1 Å². The highest BCUT2D eigenvalue weighted by Gasteiger charge is 2.29. The predicted molar refractivity (Wildman–Crippen MR) is 138 cm³/mol. The molecule has 176 valence electrons. The Morgan fingerprint density at radius 1 is 0.971 bits per heavy atom. The number of rotatable bonds is 6. The minimum Gasteiger partial charge on any atom is -0.358 e. The maximum absolute atomic E-state index is 13.2. The van der Waals surface area contributed by atoms with Crippen LogP contribution in [0.5, 0.6) is 0 Å². The number of benzene rings is 3. The van der Waals surface area contributed by atoms with Gasteiger partial charge in [-0.15, -0.1) is 0 Å². The van der Waals surface area contributed by atoms with Crippen LogP contribution in [0.15, 0.2) is 72.8 Å². The van der Waals surface area contributed by atoms with Crippen LogP contribution >= 0.6 is 0 Å². The lowest BCUT2D eigenvalue weighted by atomic mass is 9.95. The summed E-state index contributed by atoms with van der Waals surface area (Å²) in [6.45, 7) is 1.63. The van der Waals surface area contributed by atoms with E-state index in [2.05, 4.69) is 22.4 Å². The van der Waals surface area contributed by atoms with Crippen molar-refractivity contribution in [3.05, 3.63) is 106 Å². The van der Waals surface area contributed by atoms with E-state index in [0.717, 1.165) is 35.0 Å². The first kappa shape index (κ1) is 21.7. The fourth-order valence-electron chi connectivity index (χ4n) is 5.61. The highest BCUT2D eigenvalue weighted by molar-refractivity contribution is 5.99. The van der Waals surface area contributed by atoms with Gasteiger partial charge < -0.3 is 15.2 Å². The standard InChI is InChI=1S/C30H29N3O2/c34-29(21-14-15-28-26(16-21)25-12-6-7-13-27(25)32-28)31-17-23(20-8-2-1-3-9-20)19-33-18-22-10-4-5-11-24(22)30(33)35/h1-5,8-11,14-16,23,32H,6-7,12-13,17-19H2,(H,31,34). The van der Waals surface area contributed by atoms with Gasteiger partial charge in [0.2, 0.25) is 0 Å². The zero-order valence-electron chi connectivity index (χ0n) is 19.7. The Hall–Kier alpha value is -3.86. The Bertz CT molecular complexity index is 1410. The number of hydrogen-bond acceptors (Lipinski definition) is 2. The summed E-state index contributed by atoms with van der Waals surface area (Å²) in [6, 6.07) is 23.9. The second-order valence-electron chi connectivity index (χ2n) is 9.71. The van der Waals surface area contributed by atoms with Crippen LogP contribution in [0.4, 0.5) is 0 Å². The second kappa shape index (κ2) is 9.06. The molecular formula is C30H29N3O2. The third-order valence-electron chi connectivity index (χ3n) is 7.48. The van der Waals surface area contributed by atoms with E-state index in [1.165, 1.54) is 29.5 Å². The molecular weight excluding hydrogens is 434 g/mol. The number of carbonyl (C=O) groups excluding carboxylic acids is 2. The van der Waals surface area contributed by atoms with Crippen LogP contribution in [0.1, 0.15) is 61.9 Å². The van der Waals surface area contributed by atoms with Crippen molar-refractivity contribution in [2.75, 3.05) is 13.1 Å². The molecule has 0 bridgehead atoms. The minimum atomic E-state index is -0.0744. The van der Waals surface area contributed by atoms with E-state index in [1.54, 1.807) is 0 Å². The first-order valence-corrected chi connectivity index (χ1v) is 12.5. The number of aromatic amines is 1. The molecule has 1 aromatic heterocycles. The van der Waals surface area contributed by atoms with Crippen LogP contribution in [0.25, 0.3) is 10.9 Å². The molecule has 35 heavy (non-hydrogen) atoms. The summed E-state index contributed by atoms with van der Waals surface area (Å²) in [5, 5.41) is 4.33. The summed E-state index contributed by atoms with van der Waals surface area (Å²) in [6.07, 6.45) is 4.58. The van der Waals surface area contributed by atoms with Gasteiger partial charge >= 0.3 is 0 Å². The molecule has 5 heteroatoms. The number of nitrogens with zero attached hydrogens (tertiary/aromatic N) is 1. The average Bonchev–Trinajstić information content (AvgIpc) is 3.43. The second-order valence-corrected chi connectivity index (χ2v) is 9.71. The highest BCUT2D eigenvalue weighted by Crippen LogP contribution is 2.30. The third kappa shape index (κ3) is 4.12. The molecule has 2 heterocycles. The van der Waals surface area contributed by atoms with E-state index in [4.69, 9.17) is 0 Å². The molecule has 2 amide bonds. The largest absolute Gasteiger partial charge is 0.358 e. The molecule has 0 saturated heterocycles. The number of aromatic nitrogens is 1. The third-order valence-corrected chi connectivity index (χ3v) is 7.48. The monoisotopic (exact) mass is 463 g/mol. The maximum Gasteiger partial charge on any atom is 0.254 e. The fourth-order valence-corrected chi connectivity index (χ4v) is 5.61. The Kier molecular flexibility index (Phi) is 5.61. The van der Waals surface area contributed by atoms with E-state index in [1.807, 2.05) is 65.6 Å². The van der Waals surface area contributed by atoms with Gasteiger partial charge in [0.1, 0.15) is 0 Å². The van der Waals surface area contributed by atoms with Crippen LogP contribution in [-0.2, 0) is 19.4 Å². The van der Waals surface area contributed by atoms with E-state index < -0.39 is 0 Å². The first-order chi connectivity index (χ1) is 17.2. The molecule has 1 aliphatic carbocycles. The van der Waals surface area contributed by atoms with Crippen molar-refractivity contribution >= 4 is 22.7 Å². The van der Waals surface area contributed by atoms with Crippen LogP contribution in [-0.4, -0.2) is 34.8 Å². The zero-order valence-corrected chi connectivity index (χ0v) is 19.7. The number of hydrogen-bond donors (Lipinski definition) is 2. The molecule has 4 aromatic rings. The normalized spacial score (nSPS) is 15.7. The molecule has 0 radical (unpaired) electrons. The molecule has 0 fully saturated rings. The topological polar surface area (TPSA) is 65.2 Å². The van der Waals surface area contributed by atoms with Gasteiger partial charge in [0.05, 0.1) is 0 Å². The Morgan fingerprint density at radius 2 is 1.77 bits per heavy atom. The molecule has 5 nitrogen and oxygen atoms in total. The summed E-state index contributed by atoms with van der Waals surface area (Å²) in [7, 11) is 0. The summed E-state index contributed by atoms with van der Waals surface area (Å²) >= 11 is 0. The van der Waals surface area contributed by atoms with Crippen molar-refractivity contribution < 1.29 is 9.59 Å². The molecule has 1 aliphatic heterocycles. The lowest BCUT2D eigenvalue weighted by Crippen LogP contribution is -2.36. The molecule has 0 spiro atoms. The number of fused-ring (bicyclic) bond motifs is 4. The summed E-state index contributed by atoms with van der Waals surface area (Å²) in [5.74, 6) is -0.00710. The highest BCUT2D eigenvalue weighted by atomic mass is 16.2. The van der Waals surface area contributed by atoms with Gasteiger partial charge in [-0.25, -0.2) is 0 Å². The number of amides is 2. The lowest BCUT2D eigenvalue weighted by Gasteiger charge is -2.24. The van der Waals surface area contributed by atoms with Crippen molar-refractivity contribution in [1.82, 2.24) is 15.2 Å². The molecule has 0 saturated carbocycles. The van der Waals surface area contributed by atoms with Crippen LogP contribution in [0.3, 0.4) is 0 Å². The SMILES string of the molecule is O=C(NCC(CN1Cc2ccccc2C1=O)c1ccccc1)c1ccc2[nH]c3c(c2c1)CCCC3. The van der Waals surface area contributed by atoms with Gasteiger partial charge in [-0.05, 0) is 66.6 Å². The lowest BCUT2D eigenvalue weighted by molar-refractivity contribution is 0.0767. The van der Waals surface area contributed by atoms with Crippen molar-refractivity contribution in [3.63, 3.8) is 0 Å². The van der Waals surface area contributed by atoms with Gasteiger partial charge in [0, 0.05) is 53.3 Å². The van der Waals surface area contributed by atoms with Gasteiger partial charge in [0.25, 0.3) is 11.8 Å². The van der Waals surface area contributed by atoms with Gasteiger partial charge in [-0.1, -0.05) is 48.5 Å². The maximum atomic E-state index is 13.2. The van der Waals surface area contributed by atoms with Crippen molar-refractivity contribution in [3.8, 4) is 0 Å². The Morgan fingerprint density at radius 3 is 2.63 bits per heavy atom. The summed E-state index contributed by atoms with van der Waals surface area (Å²) in [5.41, 5.74) is 7.46. The van der Waals surface area contributed by atoms with Crippen molar-refractivity contribution in [2.24, 2.45) is 0 Å². The van der Waals surface area contributed by atoms with Crippen molar-refractivity contribution in [1.29, 1.82) is 0 Å². The first-order valence-electron chi connectivity index (χ1n) is 12.5. The number of H-pyrrole nitrogens is 1. The molecule has 3 aromatic carbocycles. The minimum absolute atomic E-state index is 0.00200. The van der Waals surface area contributed by atoms with E-state index in [0.29, 0.717) is 25.2 Å². The average molecular weight is 464 g/mol. The zero-order chi connectivity index (χ0) is 23.8. The molecule has 2 N–H and O–H groups in total. The van der Waals surface area contributed by atoms with E-state index in [-0.39, 0.29) is 17.7 Å². The predicted octanol–water partition coefficient (Wildman–Crippen LogP) is 5.22. The van der Waals surface area contributed by atoms with Gasteiger partial charge in [0.15, 0.2) is 0 Å². The molecule has 6 rings (SSSR count). The molecule has 1 atom stereocenters. The van der Waals surface area contributed by atoms with Crippen LogP contribution < -0.4 is 5.32 Å². The quantitative estimate of drug-likeness (QED) is 0.412. The summed E-state index contributed by atoms with van der Waals surface area (Å²) < 4.78 is 0. The Labute approximate surface area is 205 Å². The van der Waals surface area contributed by atoms with E-state index in [9.17, 15) is 9.59 Å². The Balaban J connectivity index is 1.20. The number of carbonyl (C=O) groups is 2. The number of aryl methyl sites for hydroxylation is 2. The smallest absolute Gasteiger partial charge is 0.254 e. The van der Waals surface area contributed by atoms with Gasteiger partial charge in [-0.2, -0.15) is 0 Å². The van der Waals surface area contributed by atoms with Crippen LogP contribution in [0, 0.1) is 0 Å². The molecule has 1 unspecified atom stereocenters. The van der Waals surface area contributed by atoms with Crippen LogP contribution in [0.2, 0.25) is 0 Å². The fraction of sp³-hybridized carbons (Fsp3) is 0.267.